The van der Waals surface area contributed by atoms with Gasteiger partial charge in [0.05, 0.1) is 11.4 Å². The van der Waals surface area contributed by atoms with Gasteiger partial charge < -0.3 is 4.74 Å². The van der Waals surface area contributed by atoms with E-state index in [-0.39, 0.29) is 14.1 Å². The minimum absolute atomic E-state index is 0.0648. The topological polar surface area (TPSA) is 72.5 Å². The Balaban J connectivity index is 2.43. The number of esters is 1. The first kappa shape index (κ1) is 16.3. The third kappa shape index (κ3) is 3.76. The van der Waals surface area contributed by atoms with E-state index in [9.17, 15) is 13.2 Å². The lowest BCUT2D eigenvalue weighted by atomic mass is 10.3. The van der Waals surface area contributed by atoms with Gasteiger partial charge in [0.2, 0.25) is 0 Å². The van der Waals surface area contributed by atoms with Crippen molar-refractivity contribution in [2.24, 2.45) is 0 Å². The highest BCUT2D eigenvalue weighted by molar-refractivity contribution is 9.10. The molecular weight excluding hydrogens is 402 g/mol. The molecule has 0 aliphatic heterocycles. The number of thiophene rings is 1. The normalized spacial score (nSPS) is 11.2. The molecule has 0 atom stereocenters. The van der Waals surface area contributed by atoms with Crippen LogP contribution < -0.4 is 4.72 Å². The number of benzene rings is 1. The van der Waals surface area contributed by atoms with Crippen LogP contribution in [0.15, 0.2) is 39.7 Å². The molecule has 0 aliphatic carbocycles. The van der Waals surface area contributed by atoms with E-state index in [2.05, 4.69) is 25.4 Å². The zero-order chi connectivity index (χ0) is 15.6. The van der Waals surface area contributed by atoms with Gasteiger partial charge in [-0.05, 0) is 24.3 Å². The van der Waals surface area contributed by atoms with Gasteiger partial charge in [-0.1, -0.05) is 33.6 Å². The smallest absolute Gasteiger partial charge is 0.349 e. The minimum atomic E-state index is -3.94. The molecule has 0 bridgehead atoms. The van der Waals surface area contributed by atoms with Gasteiger partial charge in [-0.15, -0.1) is 11.3 Å². The average Bonchev–Trinajstić information content (AvgIpc) is 2.80. The van der Waals surface area contributed by atoms with Crippen molar-refractivity contribution >= 4 is 60.5 Å². The summed E-state index contributed by atoms with van der Waals surface area (Å²) in [6, 6.07) is 7.86. The number of hydrogen-bond donors (Lipinski definition) is 1. The molecule has 1 N–H and O–H groups in total. The molecule has 9 heteroatoms. The van der Waals surface area contributed by atoms with E-state index >= 15 is 0 Å². The molecule has 0 aliphatic rings. The molecule has 0 saturated heterocycles. The maximum absolute atomic E-state index is 12.4. The highest BCUT2D eigenvalue weighted by Crippen LogP contribution is 2.32. The molecule has 0 unspecified atom stereocenters. The van der Waals surface area contributed by atoms with E-state index in [0.717, 1.165) is 15.8 Å². The van der Waals surface area contributed by atoms with Crippen molar-refractivity contribution in [2.75, 3.05) is 11.8 Å². The van der Waals surface area contributed by atoms with Crippen LogP contribution in [0.2, 0.25) is 4.34 Å². The Kier molecular flexibility index (Phi) is 4.92. The number of rotatable bonds is 4. The fourth-order valence-corrected chi connectivity index (χ4v) is 4.72. The van der Waals surface area contributed by atoms with Crippen LogP contribution >= 0.6 is 38.9 Å². The van der Waals surface area contributed by atoms with Crippen LogP contribution in [0.4, 0.5) is 5.69 Å². The first-order valence-corrected chi connectivity index (χ1v) is 8.96. The molecule has 0 saturated carbocycles. The third-order valence-electron chi connectivity index (χ3n) is 2.41. The molecule has 1 aromatic heterocycles. The molecular formula is C12H9BrClNO4S2. The second-order valence-corrected chi connectivity index (χ2v) is 8.10. The monoisotopic (exact) mass is 409 g/mol. The summed E-state index contributed by atoms with van der Waals surface area (Å²) in [4.78, 5) is 11.4. The second-order valence-electron chi connectivity index (χ2n) is 3.85. The van der Waals surface area contributed by atoms with Crippen molar-refractivity contribution in [3.05, 3.63) is 44.0 Å². The summed E-state index contributed by atoms with van der Waals surface area (Å²) in [5.41, 5.74) is 0.363. The summed E-state index contributed by atoms with van der Waals surface area (Å²) in [6.07, 6.45) is 0. The number of carbonyl (C=O) groups excluding carboxylic acids is 1. The van der Waals surface area contributed by atoms with Crippen molar-refractivity contribution < 1.29 is 17.9 Å². The van der Waals surface area contributed by atoms with Crippen molar-refractivity contribution in [3.63, 3.8) is 0 Å². The van der Waals surface area contributed by atoms with Gasteiger partial charge in [0.1, 0.15) is 9.77 Å². The van der Waals surface area contributed by atoms with Crippen LogP contribution in [0.25, 0.3) is 0 Å². The lowest BCUT2D eigenvalue weighted by Gasteiger charge is -2.08. The number of carbonyl (C=O) groups is 1. The summed E-state index contributed by atoms with van der Waals surface area (Å²) in [5.74, 6) is -0.749. The highest BCUT2D eigenvalue weighted by atomic mass is 79.9. The number of anilines is 1. The van der Waals surface area contributed by atoms with Crippen LogP contribution in [0.3, 0.4) is 0 Å². The quantitative estimate of drug-likeness (QED) is 0.779. The zero-order valence-corrected chi connectivity index (χ0v) is 14.6. The molecule has 5 nitrogen and oxygen atoms in total. The predicted molar refractivity (Wildman–Crippen MR) is 85.6 cm³/mol. The number of halogens is 2. The molecule has 1 heterocycles. The van der Waals surface area contributed by atoms with Gasteiger partial charge in [-0.2, -0.15) is 0 Å². The average molecular weight is 411 g/mol. The van der Waals surface area contributed by atoms with Crippen LogP contribution in [0.1, 0.15) is 9.67 Å². The van der Waals surface area contributed by atoms with Crippen LogP contribution in [0.5, 0.6) is 0 Å². The van der Waals surface area contributed by atoms with E-state index in [4.69, 9.17) is 11.6 Å². The van der Waals surface area contributed by atoms with E-state index in [0.29, 0.717) is 5.69 Å². The molecule has 0 amide bonds. The fraction of sp³-hybridized carbons (Fsp3) is 0.0833. The number of sulfonamides is 1. The van der Waals surface area contributed by atoms with E-state index < -0.39 is 16.0 Å². The molecule has 2 aromatic rings. The first-order valence-electron chi connectivity index (χ1n) is 5.49. The largest absolute Gasteiger partial charge is 0.465 e. The van der Waals surface area contributed by atoms with Crippen LogP contribution in [0, 0.1) is 0 Å². The Morgan fingerprint density at radius 3 is 2.71 bits per heavy atom. The molecule has 0 spiro atoms. The predicted octanol–water partition coefficient (Wildman–Crippen LogP) is 3.75. The Morgan fingerprint density at radius 2 is 2.10 bits per heavy atom. The summed E-state index contributed by atoms with van der Waals surface area (Å²) < 4.78 is 32.6. The summed E-state index contributed by atoms with van der Waals surface area (Å²) >= 11 is 9.91. The lowest BCUT2D eigenvalue weighted by molar-refractivity contribution is 0.0602. The standard InChI is InChI=1S/C12H9BrClNO4S2/c1-19-12(16)11-9(6-10(14)20-11)21(17,18)15-8-4-2-3-7(13)5-8/h2-6,15H,1H3. The Labute approximate surface area is 139 Å². The number of methoxy groups -OCH3 is 1. The van der Waals surface area contributed by atoms with Crippen molar-refractivity contribution in [1.29, 1.82) is 0 Å². The molecule has 112 valence electrons. The number of ether oxygens (including phenoxy) is 1. The Hall–Kier alpha value is -1.09. The Bertz CT molecular complexity index is 788. The van der Waals surface area contributed by atoms with Gasteiger partial charge in [0.15, 0.2) is 0 Å². The van der Waals surface area contributed by atoms with Crippen molar-refractivity contribution in [2.45, 2.75) is 4.90 Å². The van der Waals surface area contributed by atoms with E-state index in [1.54, 1.807) is 24.3 Å². The molecule has 2 rings (SSSR count). The molecule has 0 radical (unpaired) electrons. The lowest BCUT2D eigenvalue weighted by Crippen LogP contribution is -2.15. The van der Waals surface area contributed by atoms with Gasteiger partial charge in [-0.3, -0.25) is 4.72 Å². The maximum Gasteiger partial charge on any atom is 0.349 e. The molecule has 1 aromatic carbocycles. The van der Waals surface area contributed by atoms with E-state index in [1.807, 2.05) is 0 Å². The van der Waals surface area contributed by atoms with Gasteiger partial charge in [-0.25, -0.2) is 13.2 Å². The third-order valence-corrected chi connectivity index (χ3v) is 5.68. The maximum atomic E-state index is 12.4. The van der Waals surface area contributed by atoms with Crippen molar-refractivity contribution in [1.82, 2.24) is 0 Å². The van der Waals surface area contributed by atoms with Gasteiger partial charge in [0, 0.05) is 10.2 Å². The highest BCUT2D eigenvalue weighted by Gasteiger charge is 2.26. The zero-order valence-electron chi connectivity index (χ0n) is 10.6. The summed E-state index contributed by atoms with van der Waals surface area (Å²) in [5, 5.41) is 0. The van der Waals surface area contributed by atoms with Gasteiger partial charge >= 0.3 is 5.97 Å². The number of nitrogens with one attached hydrogen (secondary N) is 1. The van der Waals surface area contributed by atoms with Crippen LogP contribution in [-0.2, 0) is 14.8 Å². The van der Waals surface area contributed by atoms with Gasteiger partial charge in [0.25, 0.3) is 10.0 Å². The summed E-state index contributed by atoms with van der Waals surface area (Å²) in [6.45, 7) is 0. The van der Waals surface area contributed by atoms with Crippen molar-refractivity contribution in [3.8, 4) is 0 Å². The minimum Gasteiger partial charge on any atom is -0.465 e. The fourth-order valence-electron chi connectivity index (χ4n) is 1.54. The molecule has 21 heavy (non-hydrogen) atoms. The molecule has 0 fully saturated rings. The SMILES string of the molecule is COC(=O)c1sc(Cl)cc1S(=O)(=O)Nc1cccc(Br)c1. The summed E-state index contributed by atoms with van der Waals surface area (Å²) in [7, 11) is -2.77. The number of hydrogen-bond acceptors (Lipinski definition) is 5. The Morgan fingerprint density at radius 1 is 1.38 bits per heavy atom. The second kappa shape index (κ2) is 6.35. The van der Waals surface area contributed by atoms with E-state index in [1.165, 1.54) is 13.2 Å². The first-order chi connectivity index (χ1) is 9.83. The van der Waals surface area contributed by atoms with Crippen LogP contribution in [-0.4, -0.2) is 21.5 Å².